The third-order valence-electron chi connectivity index (χ3n) is 2.38. The molecular formula is C11H15Cl2N3O2S. The zero-order valence-corrected chi connectivity index (χ0v) is 12.6. The predicted molar refractivity (Wildman–Crippen MR) is 83.7 cm³/mol. The summed E-state index contributed by atoms with van der Waals surface area (Å²) in [6.07, 6.45) is 7.08. The Balaban J connectivity index is 0.00000162. The van der Waals surface area contributed by atoms with Crippen molar-refractivity contribution in [1.82, 2.24) is 9.88 Å². The first-order valence-corrected chi connectivity index (χ1v) is 6.34. The molecule has 1 aliphatic heterocycles. The quantitative estimate of drug-likeness (QED) is 0.892. The number of aliphatic imine (C=N–C) groups is 1. The van der Waals surface area contributed by atoms with E-state index in [4.69, 9.17) is 5.11 Å². The summed E-state index contributed by atoms with van der Waals surface area (Å²) in [6.45, 7) is 1.33. The number of nitrogens with zero attached hydrogens (tertiary/aromatic N) is 2. The molecule has 0 atom stereocenters. The van der Waals surface area contributed by atoms with Crippen LogP contribution in [-0.2, 0) is 6.54 Å². The largest absolute Gasteiger partial charge is 0.503 e. The molecule has 19 heavy (non-hydrogen) atoms. The molecule has 5 nitrogen and oxygen atoms in total. The molecule has 0 bridgehead atoms. The van der Waals surface area contributed by atoms with Crippen molar-refractivity contribution in [2.75, 3.05) is 12.8 Å². The molecule has 0 spiro atoms. The molecule has 0 unspecified atom stereocenters. The number of thioether (sulfide) groups is 1. The molecule has 0 fully saturated rings. The molecular weight excluding hydrogens is 309 g/mol. The van der Waals surface area contributed by atoms with E-state index in [0.717, 1.165) is 17.3 Å². The van der Waals surface area contributed by atoms with E-state index in [0.29, 0.717) is 6.54 Å². The van der Waals surface area contributed by atoms with E-state index in [1.807, 2.05) is 17.2 Å². The highest BCUT2D eigenvalue weighted by molar-refractivity contribution is 8.02. The van der Waals surface area contributed by atoms with E-state index >= 15 is 0 Å². The Morgan fingerprint density at radius 2 is 2.26 bits per heavy atom. The van der Waals surface area contributed by atoms with Gasteiger partial charge in [-0.1, -0.05) is 0 Å². The van der Waals surface area contributed by atoms with Crippen molar-refractivity contribution in [3.63, 3.8) is 0 Å². The Morgan fingerprint density at radius 3 is 2.79 bits per heavy atom. The van der Waals surface area contributed by atoms with Crippen molar-refractivity contribution in [2.24, 2.45) is 4.99 Å². The number of hydrogen-bond donors (Lipinski definition) is 2. The van der Waals surface area contributed by atoms with Gasteiger partial charge in [0.2, 0.25) is 5.43 Å². The summed E-state index contributed by atoms with van der Waals surface area (Å²) in [5, 5.41) is 10.1. The van der Waals surface area contributed by atoms with Crippen molar-refractivity contribution in [3.05, 3.63) is 39.3 Å². The van der Waals surface area contributed by atoms with Crippen LogP contribution < -0.4 is 5.43 Å². The average Bonchev–Trinajstić information content (AvgIpc) is 2.35. The van der Waals surface area contributed by atoms with Crippen LogP contribution >= 0.6 is 36.6 Å². The maximum Gasteiger partial charge on any atom is 0.223 e. The number of aromatic nitrogens is 1. The minimum absolute atomic E-state index is 0. The lowest BCUT2D eigenvalue weighted by Gasteiger charge is -2.20. The molecule has 0 aliphatic carbocycles. The molecule has 1 aliphatic rings. The number of aromatic hydroxyl groups is 1. The van der Waals surface area contributed by atoms with E-state index in [-0.39, 0.29) is 36.0 Å². The summed E-state index contributed by atoms with van der Waals surface area (Å²) in [5.41, 5.74) is 0.383. The smallest absolute Gasteiger partial charge is 0.223 e. The van der Waals surface area contributed by atoms with Gasteiger partial charge >= 0.3 is 0 Å². The fraction of sp³-hybridized carbons (Fsp3) is 0.273. The summed E-state index contributed by atoms with van der Waals surface area (Å²) < 4.78 is 0. The van der Waals surface area contributed by atoms with Gasteiger partial charge in [-0.05, 0) is 12.3 Å². The van der Waals surface area contributed by atoms with Gasteiger partial charge in [-0.15, -0.1) is 36.6 Å². The lowest BCUT2D eigenvalue weighted by Crippen LogP contribution is -2.25. The number of rotatable bonds is 3. The van der Waals surface area contributed by atoms with Gasteiger partial charge < -0.3 is 15.0 Å². The molecule has 1 aromatic rings. The van der Waals surface area contributed by atoms with Crippen LogP contribution in [0.1, 0.15) is 5.69 Å². The van der Waals surface area contributed by atoms with E-state index in [9.17, 15) is 4.79 Å². The molecule has 2 N–H and O–H groups in total. The normalized spacial score (nSPS) is 13.3. The molecule has 2 rings (SSSR count). The highest BCUT2D eigenvalue weighted by Gasteiger charge is 2.07. The molecule has 0 amide bonds. The molecule has 0 aromatic carbocycles. The molecule has 0 saturated heterocycles. The van der Waals surface area contributed by atoms with Crippen LogP contribution in [0.2, 0.25) is 0 Å². The number of pyridine rings is 1. The number of nitrogens with one attached hydrogen (secondary N) is 1. The maximum atomic E-state index is 11.2. The minimum atomic E-state index is -0.368. The third-order valence-corrected chi connectivity index (χ3v) is 3.07. The molecule has 0 radical (unpaired) electrons. The van der Waals surface area contributed by atoms with E-state index in [1.54, 1.807) is 18.1 Å². The fourth-order valence-electron chi connectivity index (χ4n) is 1.49. The van der Waals surface area contributed by atoms with E-state index in [2.05, 4.69) is 9.98 Å². The second-order valence-corrected chi connectivity index (χ2v) is 4.45. The van der Waals surface area contributed by atoms with Crippen molar-refractivity contribution in [1.29, 1.82) is 0 Å². The summed E-state index contributed by atoms with van der Waals surface area (Å²) in [6, 6.07) is 1.40. The van der Waals surface area contributed by atoms with Crippen molar-refractivity contribution < 1.29 is 5.11 Å². The first kappa shape index (κ1) is 17.9. The van der Waals surface area contributed by atoms with Crippen molar-refractivity contribution >= 4 is 42.9 Å². The number of aromatic amines is 1. The van der Waals surface area contributed by atoms with Gasteiger partial charge in [0, 0.05) is 24.5 Å². The Labute approximate surface area is 127 Å². The summed E-state index contributed by atoms with van der Waals surface area (Å²) in [5.74, 6) is -0.259. The molecule has 8 heteroatoms. The van der Waals surface area contributed by atoms with Crippen LogP contribution in [-0.4, -0.2) is 34.1 Å². The number of halogens is 2. The van der Waals surface area contributed by atoms with Gasteiger partial charge in [-0.25, -0.2) is 4.99 Å². The Hall–Kier alpha value is -1.11. The van der Waals surface area contributed by atoms with Crippen LogP contribution in [0, 0.1) is 0 Å². The summed E-state index contributed by atoms with van der Waals surface area (Å²) >= 11 is 1.60. The van der Waals surface area contributed by atoms with Gasteiger partial charge in [0.05, 0.1) is 17.9 Å². The van der Waals surface area contributed by atoms with Gasteiger partial charge in [0.15, 0.2) is 5.75 Å². The topological polar surface area (TPSA) is 68.7 Å². The predicted octanol–water partition coefficient (Wildman–Crippen LogP) is 1.97. The van der Waals surface area contributed by atoms with Crippen LogP contribution in [0.3, 0.4) is 0 Å². The zero-order chi connectivity index (χ0) is 12.3. The monoisotopic (exact) mass is 323 g/mol. The summed E-state index contributed by atoms with van der Waals surface area (Å²) in [4.78, 5) is 20.3. The molecule has 0 saturated carbocycles. The Bertz CT molecular complexity index is 531. The standard InChI is InChI=1S/C11H13N3O2S.2ClH/c1-17-11-2-3-14(7-13-11)6-8-4-9(15)10(16)5-12-8;;/h2,4-5,7,16H,3,6H2,1H3,(H,12,15);2*1H. The first-order chi connectivity index (χ1) is 8.19. The molecule has 1 aromatic heterocycles. The highest BCUT2D eigenvalue weighted by atomic mass is 35.5. The van der Waals surface area contributed by atoms with Gasteiger partial charge in [0.25, 0.3) is 0 Å². The van der Waals surface area contributed by atoms with Crippen LogP contribution in [0.4, 0.5) is 0 Å². The van der Waals surface area contributed by atoms with Gasteiger partial charge in [0.1, 0.15) is 0 Å². The second-order valence-electron chi connectivity index (χ2n) is 3.63. The minimum Gasteiger partial charge on any atom is -0.503 e. The van der Waals surface area contributed by atoms with Crippen molar-refractivity contribution in [2.45, 2.75) is 6.54 Å². The lowest BCUT2D eigenvalue weighted by atomic mass is 10.3. The first-order valence-electron chi connectivity index (χ1n) is 5.12. The van der Waals surface area contributed by atoms with E-state index < -0.39 is 0 Å². The number of hydrogen-bond acceptors (Lipinski definition) is 5. The van der Waals surface area contributed by atoms with Crippen LogP contribution in [0.5, 0.6) is 5.75 Å². The fourth-order valence-corrected chi connectivity index (χ4v) is 1.89. The highest BCUT2D eigenvalue weighted by Crippen LogP contribution is 2.16. The summed E-state index contributed by atoms with van der Waals surface area (Å²) in [7, 11) is 0. The number of H-pyrrole nitrogens is 1. The zero-order valence-electron chi connectivity index (χ0n) is 10.2. The van der Waals surface area contributed by atoms with Crippen LogP contribution in [0.25, 0.3) is 0 Å². The van der Waals surface area contributed by atoms with Gasteiger partial charge in [-0.2, -0.15) is 0 Å². The van der Waals surface area contributed by atoms with Gasteiger partial charge in [-0.3, -0.25) is 4.79 Å². The Kier molecular flexibility index (Phi) is 7.66. The van der Waals surface area contributed by atoms with Crippen LogP contribution in [0.15, 0.2) is 33.2 Å². The average molecular weight is 324 g/mol. The lowest BCUT2D eigenvalue weighted by molar-refractivity contribution is 0.449. The van der Waals surface area contributed by atoms with E-state index in [1.165, 1.54) is 12.3 Å². The molecule has 2 heterocycles. The second kappa shape index (κ2) is 8.14. The SMILES string of the molecule is CSC1=CCN(Cc2cc(=O)c(O)c[nH]2)C=N1.Cl.Cl. The third kappa shape index (κ3) is 4.81. The molecule has 106 valence electrons. The Morgan fingerprint density at radius 1 is 1.53 bits per heavy atom. The van der Waals surface area contributed by atoms with Crippen molar-refractivity contribution in [3.8, 4) is 5.75 Å². The maximum absolute atomic E-state index is 11.2.